The molecule has 1 aromatic heterocycles. The molecule has 2 heterocycles. The Morgan fingerprint density at radius 2 is 2.08 bits per heavy atom. The quantitative estimate of drug-likeness (QED) is 0.602. The summed E-state index contributed by atoms with van der Waals surface area (Å²) in [6.07, 6.45) is 2.54. The van der Waals surface area contributed by atoms with Crippen LogP contribution in [0.25, 0.3) is 0 Å². The zero-order valence-corrected chi connectivity index (χ0v) is 13.2. The molecule has 1 amide bonds. The minimum atomic E-state index is -1.28. The van der Waals surface area contributed by atoms with E-state index in [-0.39, 0.29) is 12.3 Å². The molecule has 1 aromatic carbocycles. The number of carbonyl (C=O) groups excluding carboxylic acids is 2. The molecule has 1 aliphatic heterocycles. The maximum atomic E-state index is 12.5. The molecule has 0 radical (unpaired) electrons. The average molecular weight is 342 g/mol. The van der Waals surface area contributed by atoms with E-state index in [1.807, 2.05) is 6.07 Å². The molecule has 1 atom stereocenters. The second kappa shape index (κ2) is 7.14. The lowest BCUT2D eigenvalue weighted by Gasteiger charge is -2.15. The molecule has 3 rings (SSSR count). The molecule has 1 saturated heterocycles. The summed E-state index contributed by atoms with van der Waals surface area (Å²) in [5.74, 6) is -1.12. The number of anilines is 1. The second-order valence-corrected chi connectivity index (χ2v) is 6.00. The first kappa shape index (κ1) is 16.0. The Labute approximate surface area is 141 Å². The Hall–Kier alpha value is -2.87. The standard InChI is InChI=1S/C16H13N3O4S/c20-14(21)9-13-15(22)19(11-5-2-1-3-6-11)16(24-13)18-17-10-12-7-4-8-23-12/h1-8,10,13H,9H2,(H,20,21)/p-1/b17-10-,18-16-/t13-/m1/s1. The highest BCUT2D eigenvalue weighted by molar-refractivity contribution is 8.16. The van der Waals surface area contributed by atoms with Crippen LogP contribution < -0.4 is 10.0 Å². The van der Waals surface area contributed by atoms with Gasteiger partial charge in [0.05, 0.1) is 23.4 Å². The number of nitrogens with zero attached hydrogens (tertiary/aromatic N) is 3. The summed E-state index contributed by atoms with van der Waals surface area (Å²) in [6.45, 7) is 0. The molecule has 1 aliphatic rings. The Balaban J connectivity index is 1.88. The van der Waals surface area contributed by atoms with Gasteiger partial charge in [0.25, 0.3) is 0 Å². The molecule has 8 heteroatoms. The monoisotopic (exact) mass is 342 g/mol. The summed E-state index contributed by atoms with van der Waals surface area (Å²) in [4.78, 5) is 24.7. The molecule has 122 valence electrons. The number of para-hydroxylation sites is 1. The van der Waals surface area contributed by atoms with Crippen molar-refractivity contribution >= 4 is 40.7 Å². The summed E-state index contributed by atoms with van der Waals surface area (Å²) in [5, 5.41) is 18.3. The molecule has 0 N–H and O–H groups in total. The fourth-order valence-corrected chi connectivity index (χ4v) is 3.21. The van der Waals surface area contributed by atoms with E-state index in [1.54, 1.807) is 36.4 Å². The third kappa shape index (κ3) is 3.54. The third-order valence-corrected chi connectivity index (χ3v) is 4.30. The molecular weight excluding hydrogens is 330 g/mol. The number of thioether (sulfide) groups is 1. The Morgan fingerprint density at radius 1 is 1.29 bits per heavy atom. The van der Waals surface area contributed by atoms with Gasteiger partial charge in [-0.2, -0.15) is 5.10 Å². The van der Waals surface area contributed by atoms with Gasteiger partial charge in [-0.25, -0.2) is 0 Å². The van der Waals surface area contributed by atoms with E-state index in [0.29, 0.717) is 16.6 Å². The highest BCUT2D eigenvalue weighted by atomic mass is 32.2. The van der Waals surface area contributed by atoms with Crippen molar-refractivity contribution in [3.8, 4) is 0 Å². The van der Waals surface area contributed by atoms with Gasteiger partial charge in [-0.1, -0.05) is 30.0 Å². The van der Waals surface area contributed by atoms with E-state index in [9.17, 15) is 14.7 Å². The Morgan fingerprint density at radius 3 is 2.75 bits per heavy atom. The van der Waals surface area contributed by atoms with Crippen molar-refractivity contribution in [1.82, 2.24) is 0 Å². The van der Waals surface area contributed by atoms with E-state index < -0.39 is 11.2 Å². The van der Waals surface area contributed by atoms with Crippen LogP contribution in [0.5, 0.6) is 0 Å². The van der Waals surface area contributed by atoms with E-state index in [4.69, 9.17) is 4.42 Å². The lowest BCUT2D eigenvalue weighted by atomic mass is 10.2. The number of carbonyl (C=O) groups is 2. The third-order valence-electron chi connectivity index (χ3n) is 3.17. The fraction of sp³-hybridized carbons (Fsp3) is 0.125. The number of carboxylic acids is 1. The number of aliphatic carboxylic acids is 1. The normalized spacial score (nSPS) is 19.5. The Kier molecular flexibility index (Phi) is 4.76. The maximum Gasteiger partial charge on any atom is 0.247 e. The molecule has 0 unspecified atom stereocenters. The fourth-order valence-electron chi connectivity index (χ4n) is 2.13. The number of amides is 1. The number of benzene rings is 1. The highest BCUT2D eigenvalue weighted by Crippen LogP contribution is 2.33. The predicted octanol–water partition coefficient (Wildman–Crippen LogP) is 1.26. The van der Waals surface area contributed by atoms with Crippen LogP contribution in [0.1, 0.15) is 12.2 Å². The first-order chi connectivity index (χ1) is 11.6. The van der Waals surface area contributed by atoms with Crippen molar-refractivity contribution in [3.05, 3.63) is 54.5 Å². The lowest BCUT2D eigenvalue weighted by Crippen LogP contribution is -2.35. The number of carboxylic acid groups (broad SMARTS) is 1. The van der Waals surface area contributed by atoms with Crippen LogP contribution in [0.4, 0.5) is 5.69 Å². The first-order valence-corrected chi connectivity index (χ1v) is 7.93. The van der Waals surface area contributed by atoms with Crippen LogP contribution in [0.15, 0.2) is 63.3 Å². The lowest BCUT2D eigenvalue weighted by molar-refractivity contribution is -0.305. The van der Waals surface area contributed by atoms with Crippen LogP contribution in [-0.4, -0.2) is 28.5 Å². The summed E-state index contributed by atoms with van der Waals surface area (Å²) >= 11 is 1.05. The van der Waals surface area contributed by atoms with Crippen molar-refractivity contribution in [1.29, 1.82) is 0 Å². The zero-order chi connectivity index (χ0) is 16.9. The highest BCUT2D eigenvalue weighted by Gasteiger charge is 2.39. The molecule has 0 bridgehead atoms. The van der Waals surface area contributed by atoms with Gasteiger partial charge in [0.2, 0.25) is 5.91 Å². The molecule has 0 aliphatic carbocycles. The molecule has 0 spiro atoms. The maximum absolute atomic E-state index is 12.5. The minimum absolute atomic E-state index is 0.306. The summed E-state index contributed by atoms with van der Waals surface area (Å²) < 4.78 is 5.11. The van der Waals surface area contributed by atoms with Gasteiger partial charge in [0, 0.05) is 12.4 Å². The molecule has 2 aromatic rings. The number of rotatable bonds is 5. The predicted molar refractivity (Wildman–Crippen MR) is 88.7 cm³/mol. The summed E-state index contributed by atoms with van der Waals surface area (Å²) in [5.41, 5.74) is 0.600. The van der Waals surface area contributed by atoms with Crippen molar-refractivity contribution < 1.29 is 19.1 Å². The smallest absolute Gasteiger partial charge is 0.247 e. The van der Waals surface area contributed by atoms with Crippen LogP contribution >= 0.6 is 11.8 Å². The van der Waals surface area contributed by atoms with Crippen molar-refractivity contribution in [2.75, 3.05) is 4.90 Å². The van der Waals surface area contributed by atoms with Crippen molar-refractivity contribution in [3.63, 3.8) is 0 Å². The number of amidine groups is 1. The van der Waals surface area contributed by atoms with Crippen LogP contribution in [0, 0.1) is 0 Å². The van der Waals surface area contributed by atoms with Gasteiger partial charge in [-0.3, -0.25) is 9.69 Å². The Bertz CT molecular complexity index is 787. The number of furan rings is 1. The van der Waals surface area contributed by atoms with E-state index in [1.165, 1.54) is 17.4 Å². The van der Waals surface area contributed by atoms with E-state index in [2.05, 4.69) is 10.2 Å². The number of hydrogen-bond acceptors (Lipinski definition) is 7. The van der Waals surface area contributed by atoms with Crippen LogP contribution in [0.2, 0.25) is 0 Å². The zero-order valence-electron chi connectivity index (χ0n) is 12.4. The molecule has 1 fully saturated rings. The van der Waals surface area contributed by atoms with E-state index in [0.717, 1.165) is 11.8 Å². The van der Waals surface area contributed by atoms with Crippen LogP contribution in [0.3, 0.4) is 0 Å². The van der Waals surface area contributed by atoms with E-state index >= 15 is 0 Å². The number of hydrogen-bond donors (Lipinski definition) is 0. The molecule has 7 nitrogen and oxygen atoms in total. The van der Waals surface area contributed by atoms with Gasteiger partial charge >= 0.3 is 0 Å². The van der Waals surface area contributed by atoms with Gasteiger partial charge in [-0.05, 0) is 24.3 Å². The molecule has 0 saturated carbocycles. The largest absolute Gasteiger partial charge is 0.550 e. The topological polar surface area (TPSA) is 98.3 Å². The SMILES string of the molecule is O=C([O-])C[C@H]1S/C(=N\N=C/c2ccco2)N(c2ccccc2)C1=O. The van der Waals surface area contributed by atoms with Crippen molar-refractivity contribution in [2.45, 2.75) is 11.7 Å². The summed E-state index contributed by atoms with van der Waals surface area (Å²) in [6, 6.07) is 12.3. The van der Waals surface area contributed by atoms with Gasteiger partial charge < -0.3 is 14.3 Å². The van der Waals surface area contributed by atoms with Crippen molar-refractivity contribution in [2.24, 2.45) is 10.2 Å². The van der Waals surface area contributed by atoms with Gasteiger partial charge in [0.1, 0.15) is 5.76 Å². The average Bonchev–Trinajstić information content (AvgIpc) is 3.17. The van der Waals surface area contributed by atoms with Gasteiger partial charge in [0.15, 0.2) is 5.17 Å². The molecular formula is C16H12N3O4S-. The van der Waals surface area contributed by atoms with Gasteiger partial charge in [-0.15, -0.1) is 5.10 Å². The van der Waals surface area contributed by atoms with Crippen LogP contribution in [-0.2, 0) is 9.59 Å². The first-order valence-electron chi connectivity index (χ1n) is 7.05. The second-order valence-electron chi connectivity index (χ2n) is 4.83. The molecule has 24 heavy (non-hydrogen) atoms. The summed E-state index contributed by atoms with van der Waals surface area (Å²) in [7, 11) is 0. The minimum Gasteiger partial charge on any atom is -0.550 e.